The standard InChI is InChI=1S/C10H9N5O/c11-9-1-2-12-5-8(9)10(16)15-7-3-13-6-14-4-7/h1-6H,(H2,11,12)(H,15,16). The molecule has 0 fully saturated rings. The Bertz CT molecular complexity index is 500. The molecule has 2 heterocycles. The molecule has 0 unspecified atom stereocenters. The molecular formula is C10H9N5O. The van der Waals surface area contributed by atoms with Gasteiger partial charge in [-0.15, -0.1) is 0 Å². The van der Waals surface area contributed by atoms with Gasteiger partial charge in [-0.1, -0.05) is 0 Å². The Kier molecular flexibility index (Phi) is 2.73. The molecule has 3 N–H and O–H groups in total. The summed E-state index contributed by atoms with van der Waals surface area (Å²) in [6, 6.07) is 1.57. The minimum Gasteiger partial charge on any atom is -0.398 e. The Labute approximate surface area is 91.6 Å². The summed E-state index contributed by atoms with van der Waals surface area (Å²) in [6.45, 7) is 0. The number of amides is 1. The van der Waals surface area contributed by atoms with Gasteiger partial charge in [0.05, 0.1) is 23.6 Å². The molecule has 0 spiro atoms. The van der Waals surface area contributed by atoms with Crippen molar-refractivity contribution in [2.75, 3.05) is 11.1 Å². The summed E-state index contributed by atoms with van der Waals surface area (Å²) in [6.07, 6.45) is 7.31. The van der Waals surface area contributed by atoms with Gasteiger partial charge in [0.15, 0.2) is 0 Å². The average Bonchev–Trinajstić information content (AvgIpc) is 2.31. The number of carbonyl (C=O) groups is 1. The molecule has 2 aromatic rings. The Morgan fingerprint density at radius 3 is 2.62 bits per heavy atom. The normalized spacial score (nSPS) is 9.75. The van der Waals surface area contributed by atoms with Gasteiger partial charge in [0, 0.05) is 18.1 Å². The van der Waals surface area contributed by atoms with E-state index in [0.717, 1.165) is 0 Å². The molecule has 2 rings (SSSR count). The van der Waals surface area contributed by atoms with Gasteiger partial charge in [-0.25, -0.2) is 9.97 Å². The first kappa shape index (κ1) is 10.0. The highest BCUT2D eigenvalue weighted by molar-refractivity contribution is 6.07. The van der Waals surface area contributed by atoms with Gasteiger partial charge in [-0.05, 0) is 6.07 Å². The second-order valence-corrected chi connectivity index (χ2v) is 3.04. The smallest absolute Gasteiger partial charge is 0.259 e. The molecule has 0 radical (unpaired) electrons. The van der Waals surface area contributed by atoms with E-state index < -0.39 is 0 Å². The molecule has 6 heteroatoms. The third kappa shape index (κ3) is 2.11. The zero-order valence-corrected chi connectivity index (χ0v) is 8.29. The van der Waals surface area contributed by atoms with Crippen LogP contribution in [0.4, 0.5) is 11.4 Å². The lowest BCUT2D eigenvalue weighted by Gasteiger charge is -2.05. The van der Waals surface area contributed by atoms with Crippen molar-refractivity contribution in [1.82, 2.24) is 15.0 Å². The SMILES string of the molecule is Nc1ccncc1C(=O)Nc1cncnc1. The van der Waals surface area contributed by atoms with Gasteiger partial charge >= 0.3 is 0 Å². The van der Waals surface area contributed by atoms with Crippen LogP contribution in [-0.2, 0) is 0 Å². The van der Waals surface area contributed by atoms with E-state index in [0.29, 0.717) is 16.9 Å². The van der Waals surface area contributed by atoms with Crippen molar-refractivity contribution in [3.05, 3.63) is 42.7 Å². The predicted molar refractivity (Wildman–Crippen MR) is 58.6 cm³/mol. The van der Waals surface area contributed by atoms with Gasteiger partial charge < -0.3 is 11.1 Å². The first-order valence-electron chi connectivity index (χ1n) is 4.53. The number of carbonyl (C=O) groups excluding carboxylic acids is 1. The Morgan fingerprint density at radius 2 is 1.94 bits per heavy atom. The van der Waals surface area contributed by atoms with E-state index in [1.807, 2.05) is 0 Å². The number of pyridine rings is 1. The molecule has 0 aliphatic carbocycles. The van der Waals surface area contributed by atoms with Gasteiger partial charge in [0.1, 0.15) is 6.33 Å². The summed E-state index contributed by atoms with van der Waals surface area (Å²) < 4.78 is 0. The first-order chi connectivity index (χ1) is 7.77. The number of nitrogens with one attached hydrogen (secondary N) is 1. The summed E-state index contributed by atoms with van der Waals surface area (Å²) >= 11 is 0. The highest BCUT2D eigenvalue weighted by atomic mass is 16.1. The molecule has 0 aliphatic rings. The van der Waals surface area contributed by atoms with Crippen LogP contribution in [0.3, 0.4) is 0 Å². The van der Waals surface area contributed by atoms with Crippen molar-refractivity contribution < 1.29 is 4.79 Å². The summed E-state index contributed by atoms with van der Waals surface area (Å²) in [4.78, 5) is 23.1. The molecular weight excluding hydrogens is 206 g/mol. The largest absolute Gasteiger partial charge is 0.398 e. The predicted octanol–water partition coefficient (Wildman–Crippen LogP) is 0.706. The van der Waals surface area contributed by atoms with E-state index in [1.54, 1.807) is 6.07 Å². The molecule has 0 bridgehead atoms. The van der Waals surface area contributed by atoms with Crippen molar-refractivity contribution in [3.8, 4) is 0 Å². The second-order valence-electron chi connectivity index (χ2n) is 3.04. The number of aromatic nitrogens is 3. The van der Waals surface area contributed by atoms with E-state index in [2.05, 4.69) is 20.3 Å². The Hall–Kier alpha value is -2.50. The topological polar surface area (TPSA) is 93.8 Å². The molecule has 0 saturated heterocycles. The lowest BCUT2D eigenvalue weighted by atomic mass is 10.2. The average molecular weight is 215 g/mol. The van der Waals surface area contributed by atoms with E-state index in [9.17, 15) is 4.79 Å². The van der Waals surface area contributed by atoms with E-state index >= 15 is 0 Å². The van der Waals surface area contributed by atoms with Crippen molar-refractivity contribution in [3.63, 3.8) is 0 Å². The fourth-order valence-electron chi connectivity index (χ4n) is 1.16. The van der Waals surface area contributed by atoms with E-state index in [4.69, 9.17) is 5.73 Å². The highest BCUT2D eigenvalue weighted by Crippen LogP contribution is 2.11. The van der Waals surface area contributed by atoms with Crippen molar-refractivity contribution in [2.45, 2.75) is 0 Å². The zero-order valence-electron chi connectivity index (χ0n) is 8.29. The number of anilines is 2. The van der Waals surface area contributed by atoms with Gasteiger partial charge in [0.2, 0.25) is 0 Å². The molecule has 6 nitrogen and oxygen atoms in total. The van der Waals surface area contributed by atoms with Crippen LogP contribution in [0.25, 0.3) is 0 Å². The lowest BCUT2D eigenvalue weighted by Crippen LogP contribution is -2.14. The van der Waals surface area contributed by atoms with Crippen LogP contribution in [0, 0.1) is 0 Å². The third-order valence-electron chi connectivity index (χ3n) is 1.92. The fourth-order valence-corrected chi connectivity index (χ4v) is 1.16. The molecule has 16 heavy (non-hydrogen) atoms. The first-order valence-corrected chi connectivity index (χ1v) is 4.53. The Balaban J connectivity index is 2.19. The maximum Gasteiger partial charge on any atom is 0.259 e. The molecule has 0 atom stereocenters. The minimum absolute atomic E-state index is 0.325. The van der Waals surface area contributed by atoms with Crippen LogP contribution < -0.4 is 11.1 Å². The van der Waals surface area contributed by atoms with Gasteiger partial charge in [-0.3, -0.25) is 9.78 Å². The number of nitrogens with zero attached hydrogens (tertiary/aromatic N) is 3. The molecule has 1 amide bonds. The number of nitrogens with two attached hydrogens (primary N) is 1. The van der Waals surface area contributed by atoms with Crippen LogP contribution in [-0.4, -0.2) is 20.9 Å². The summed E-state index contributed by atoms with van der Waals surface area (Å²) in [5.41, 5.74) is 6.86. The van der Waals surface area contributed by atoms with Crippen LogP contribution in [0.15, 0.2) is 37.2 Å². The van der Waals surface area contributed by atoms with Crippen molar-refractivity contribution in [1.29, 1.82) is 0 Å². The van der Waals surface area contributed by atoms with Crippen LogP contribution in [0.2, 0.25) is 0 Å². The minimum atomic E-state index is -0.333. The maximum absolute atomic E-state index is 11.7. The highest BCUT2D eigenvalue weighted by Gasteiger charge is 2.09. The maximum atomic E-state index is 11.7. The van der Waals surface area contributed by atoms with Crippen LogP contribution in [0.1, 0.15) is 10.4 Å². The third-order valence-corrected chi connectivity index (χ3v) is 1.92. The quantitative estimate of drug-likeness (QED) is 0.769. The summed E-state index contributed by atoms with van der Waals surface area (Å²) in [5, 5.41) is 2.62. The molecule has 80 valence electrons. The van der Waals surface area contributed by atoms with Gasteiger partial charge in [-0.2, -0.15) is 0 Å². The lowest BCUT2D eigenvalue weighted by molar-refractivity contribution is 0.102. The second kappa shape index (κ2) is 4.35. The molecule has 0 aromatic carbocycles. The Morgan fingerprint density at radius 1 is 1.19 bits per heavy atom. The van der Waals surface area contributed by atoms with E-state index in [-0.39, 0.29) is 5.91 Å². The number of hydrogen-bond donors (Lipinski definition) is 2. The fraction of sp³-hybridized carbons (Fsp3) is 0. The monoisotopic (exact) mass is 215 g/mol. The summed E-state index contributed by atoms with van der Waals surface area (Å²) in [7, 11) is 0. The number of rotatable bonds is 2. The molecule has 2 aromatic heterocycles. The molecule has 0 aliphatic heterocycles. The number of nitrogen functional groups attached to an aromatic ring is 1. The zero-order chi connectivity index (χ0) is 11.4. The summed E-state index contributed by atoms with van der Waals surface area (Å²) in [5.74, 6) is -0.333. The van der Waals surface area contributed by atoms with Crippen molar-refractivity contribution in [2.24, 2.45) is 0 Å². The van der Waals surface area contributed by atoms with Gasteiger partial charge in [0.25, 0.3) is 5.91 Å². The number of hydrogen-bond acceptors (Lipinski definition) is 5. The van der Waals surface area contributed by atoms with Crippen molar-refractivity contribution >= 4 is 17.3 Å². The van der Waals surface area contributed by atoms with Crippen LogP contribution >= 0.6 is 0 Å². The van der Waals surface area contributed by atoms with E-state index in [1.165, 1.54) is 31.1 Å². The van der Waals surface area contributed by atoms with Crippen LogP contribution in [0.5, 0.6) is 0 Å². The molecule has 0 saturated carbocycles.